The Bertz CT molecular complexity index is 550. The Kier molecular flexibility index (Phi) is 6.42. The number of rotatable bonds is 5. The summed E-state index contributed by atoms with van der Waals surface area (Å²) < 4.78 is 10.3. The molecule has 1 aromatic rings. The van der Waals surface area contributed by atoms with Gasteiger partial charge in [-0.15, -0.1) is 0 Å². The number of hydrogen-bond donors (Lipinski definition) is 2. The number of nitrogens with one attached hydrogen (secondary N) is 2. The highest BCUT2D eigenvalue weighted by molar-refractivity contribution is 5.96. The summed E-state index contributed by atoms with van der Waals surface area (Å²) in [6.07, 6.45) is -0.614. The third-order valence-corrected chi connectivity index (χ3v) is 2.96. The average Bonchev–Trinajstić information content (AvgIpc) is 2.42. The summed E-state index contributed by atoms with van der Waals surface area (Å²) in [7, 11) is 1.56. The molecule has 128 valence electrons. The Labute approximate surface area is 137 Å². The summed E-state index contributed by atoms with van der Waals surface area (Å²) in [5.41, 5.74) is -0.0134. The number of methoxy groups -OCH3 is 1. The lowest BCUT2D eigenvalue weighted by Gasteiger charge is -2.25. The lowest BCUT2D eigenvalue weighted by Crippen LogP contribution is -2.48. The van der Waals surface area contributed by atoms with E-state index in [1.807, 2.05) is 13.8 Å². The number of benzene rings is 1. The average molecular weight is 322 g/mol. The molecule has 23 heavy (non-hydrogen) atoms. The molecular weight excluding hydrogens is 296 g/mol. The van der Waals surface area contributed by atoms with Gasteiger partial charge >= 0.3 is 6.09 Å². The van der Waals surface area contributed by atoms with Crippen molar-refractivity contribution in [3.05, 3.63) is 24.3 Å². The molecule has 0 aliphatic heterocycles. The molecule has 1 atom stereocenters. The highest BCUT2D eigenvalue weighted by Crippen LogP contribution is 2.17. The van der Waals surface area contributed by atoms with Gasteiger partial charge in [-0.3, -0.25) is 4.79 Å². The van der Waals surface area contributed by atoms with Gasteiger partial charge in [0.2, 0.25) is 5.91 Å². The fraction of sp³-hybridized carbons (Fsp3) is 0.529. The number of alkyl carbamates (subject to hydrolysis) is 1. The first-order chi connectivity index (χ1) is 10.6. The van der Waals surface area contributed by atoms with Crippen LogP contribution in [0.1, 0.15) is 34.6 Å². The van der Waals surface area contributed by atoms with Gasteiger partial charge in [-0.1, -0.05) is 19.9 Å². The minimum Gasteiger partial charge on any atom is -0.497 e. The predicted molar refractivity (Wildman–Crippen MR) is 89.6 cm³/mol. The minimum atomic E-state index is -0.698. The smallest absolute Gasteiger partial charge is 0.408 e. The van der Waals surface area contributed by atoms with Crippen LogP contribution < -0.4 is 15.4 Å². The number of carbonyl (C=O) groups excluding carboxylic acids is 2. The molecular formula is C17H26N2O4. The monoisotopic (exact) mass is 322 g/mol. The third-order valence-electron chi connectivity index (χ3n) is 2.96. The van der Waals surface area contributed by atoms with Crippen molar-refractivity contribution in [2.75, 3.05) is 12.4 Å². The van der Waals surface area contributed by atoms with Crippen LogP contribution in [-0.2, 0) is 9.53 Å². The van der Waals surface area contributed by atoms with Crippen molar-refractivity contribution < 1.29 is 19.1 Å². The van der Waals surface area contributed by atoms with E-state index in [0.717, 1.165) is 0 Å². The number of carbonyl (C=O) groups is 2. The standard InChI is InChI=1S/C17H26N2O4/c1-11(2)14(19-16(21)23-17(3,4)5)15(20)18-12-8-7-9-13(10-12)22-6/h7-11,14H,1-6H3,(H,18,20)(H,19,21). The lowest BCUT2D eigenvalue weighted by atomic mass is 10.0. The fourth-order valence-corrected chi connectivity index (χ4v) is 1.89. The van der Waals surface area contributed by atoms with Crippen LogP contribution in [0.25, 0.3) is 0 Å². The summed E-state index contributed by atoms with van der Waals surface area (Å²) in [5.74, 6) is 0.247. The van der Waals surface area contributed by atoms with Gasteiger partial charge in [0.15, 0.2) is 0 Å². The second-order valence-electron chi connectivity index (χ2n) is 6.59. The van der Waals surface area contributed by atoms with Crippen LogP contribution in [0, 0.1) is 5.92 Å². The summed E-state index contributed by atoms with van der Waals surface area (Å²) in [5, 5.41) is 5.39. The second kappa shape index (κ2) is 7.85. The van der Waals surface area contributed by atoms with Gasteiger partial charge in [0, 0.05) is 11.8 Å². The van der Waals surface area contributed by atoms with E-state index in [2.05, 4.69) is 10.6 Å². The van der Waals surface area contributed by atoms with Crippen LogP contribution in [0.4, 0.5) is 10.5 Å². The van der Waals surface area contributed by atoms with E-state index in [0.29, 0.717) is 11.4 Å². The van der Waals surface area contributed by atoms with E-state index in [1.54, 1.807) is 52.1 Å². The molecule has 0 aromatic heterocycles. The van der Waals surface area contributed by atoms with E-state index in [4.69, 9.17) is 9.47 Å². The molecule has 1 aromatic carbocycles. The Morgan fingerprint density at radius 2 is 1.83 bits per heavy atom. The van der Waals surface area contributed by atoms with Crippen LogP contribution >= 0.6 is 0 Å². The molecule has 0 aliphatic carbocycles. The van der Waals surface area contributed by atoms with Crippen molar-refractivity contribution in [1.82, 2.24) is 5.32 Å². The van der Waals surface area contributed by atoms with E-state index in [9.17, 15) is 9.59 Å². The Balaban J connectivity index is 2.76. The van der Waals surface area contributed by atoms with Gasteiger partial charge < -0.3 is 20.1 Å². The van der Waals surface area contributed by atoms with Crippen LogP contribution in [0.3, 0.4) is 0 Å². The van der Waals surface area contributed by atoms with E-state index in [-0.39, 0.29) is 11.8 Å². The zero-order valence-corrected chi connectivity index (χ0v) is 14.6. The highest BCUT2D eigenvalue weighted by Gasteiger charge is 2.27. The molecule has 6 nitrogen and oxygen atoms in total. The molecule has 2 amide bonds. The highest BCUT2D eigenvalue weighted by atomic mass is 16.6. The summed E-state index contributed by atoms with van der Waals surface area (Å²) in [4.78, 5) is 24.3. The zero-order chi connectivity index (χ0) is 17.6. The van der Waals surface area contributed by atoms with Crippen LogP contribution in [-0.4, -0.2) is 30.8 Å². The van der Waals surface area contributed by atoms with Gasteiger partial charge in [-0.2, -0.15) is 0 Å². The number of ether oxygens (including phenoxy) is 2. The maximum atomic E-state index is 12.4. The molecule has 0 fully saturated rings. The van der Waals surface area contributed by atoms with Crippen molar-refractivity contribution >= 4 is 17.7 Å². The molecule has 2 N–H and O–H groups in total. The predicted octanol–water partition coefficient (Wildman–Crippen LogP) is 3.18. The zero-order valence-electron chi connectivity index (χ0n) is 14.6. The third kappa shape index (κ3) is 6.59. The largest absolute Gasteiger partial charge is 0.497 e. The fourth-order valence-electron chi connectivity index (χ4n) is 1.89. The molecule has 0 spiro atoms. The number of hydrogen-bond acceptors (Lipinski definition) is 4. The van der Waals surface area contributed by atoms with Gasteiger partial charge in [0.1, 0.15) is 17.4 Å². The van der Waals surface area contributed by atoms with Gasteiger partial charge in [-0.05, 0) is 38.8 Å². The maximum Gasteiger partial charge on any atom is 0.408 e. The van der Waals surface area contributed by atoms with E-state index >= 15 is 0 Å². The van der Waals surface area contributed by atoms with Crippen molar-refractivity contribution in [2.45, 2.75) is 46.3 Å². The van der Waals surface area contributed by atoms with Crippen LogP contribution in [0.2, 0.25) is 0 Å². The van der Waals surface area contributed by atoms with Gasteiger partial charge in [0.25, 0.3) is 0 Å². The first-order valence-electron chi connectivity index (χ1n) is 7.57. The number of amides is 2. The Hall–Kier alpha value is -2.24. The van der Waals surface area contributed by atoms with Crippen LogP contribution in [0.15, 0.2) is 24.3 Å². The molecule has 0 saturated heterocycles. The normalized spacial score (nSPS) is 12.5. The SMILES string of the molecule is COc1cccc(NC(=O)C(NC(=O)OC(C)(C)C)C(C)C)c1. The summed E-state index contributed by atoms with van der Waals surface area (Å²) in [6.45, 7) is 9.02. The van der Waals surface area contributed by atoms with Crippen LogP contribution in [0.5, 0.6) is 5.75 Å². The minimum absolute atomic E-state index is 0.0897. The molecule has 0 aliphatic rings. The van der Waals surface area contributed by atoms with E-state index in [1.165, 1.54) is 0 Å². The van der Waals surface area contributed by atoms with Crippen molar-refractivity contribution in [3.63, 3.8) is 0 Å². The van der Waals surface area contributed by atoms with Crippen molar-refractivity contribution in [3.8, 4) is 5.75 Å². The van der Waals surface area contributed by atoms with E-state index < -0.39 is 17.7 Å². The summed E-state index contributed by atoms with van der Waals surface area (Å²) in [6, 6.07) is 6.33. The van der Waals surface area contributed by atoms with Gasteiger partial charge in [-0.25, -0.2) is 4.79 Å². The Morgan fingerprint density at radius 1 is 1.17 bits per heavy atom. The van der Waals surface area contributed by atoms with Crippen molar-refractivity contribution in [1.29, 1.82) is 0 Å². The molecule has 1 unspecified atom stereocenters. The second-order valence-corrected chi connectivity index (χ2v) is 6.59. The first-order valence-corrected chi connectivity index (χ1v) is 7.57. The molecule has 0 heterocycles. The molecule has 0 radical (unpaired) electrons. The molecule has 1 rings (SSSR count). The quantitative estimate of drug-likeness (QED) is 0.873. The molecule has 0 bridgehead atoms. The lowest BCUT2D eigenvalue weighted by molar-refractivity contribution is -0.119. The molecule has 0 saturated carbocycles. The van der Waals surface area contributed by atoms with Crippen molar-refractivity contribution in [2.24, 2.45) is 5.92 Å². The molecule has 6 heteroatoms. The maximum absolute atomic E-state index is 12.4. The van der Waals surface area contributed by atoms with Gasteiger partial charge in [0.05, 0.1) is 7.11 Å². The summed E-state index contributed by atoms with van der Waals surface area (Å²) >= 11 is 0. The Morgan fingerprint density at radius 3 is 2.35 bits per heavy atom. The number of anilines is 1. The first kappa shape index (κ1) is 18.8. The topological polar surface area (TPSA) is 76.7 Å².